The Morgan fingerprint density at radius 3 is 2.70 bits per heavy atom. The first-order valence-corrected chi connectivity index (χ1v) is 2.93. The Hall–Kier alpha value is -1.37. The monoisotopic (exact) mass is 137 g/mol. The second-order valence-electron chi connectivity index (χ2n) is 2.01. The first kappa shape index (κ1) is 6.75. The van der Waals surface area contributed by atoms with E-state index in [0.29, 0.717) is 11.8 Å². The first-order chi connectivity index (χ1) is 4.74. The number of aryl methyl sites for hydroxylation is 1. The third-order valence-electron chi connectivity index (χ3n) is 1.11. The molecule has 1 heterocycles. The van der Waals surface area contributed by atoms with Crippen molar-refractivity contribution in [3.63, 3.8) is 0 Å². The van der Waals surface area contributed by atoms with Gasteiger partial charge in [-0.25, -0.2) is 0 Å². The SMILES string of the molecule is Cc1nnc(C(C)C#N)o1. The van der Waals surface area contributed by atoms with Crippen molar-refractivity contribution in [2.45, 2.75) is 19.8 Å². The topological polar surface area (TPSA) is 62.7 Å². The highest BCUT2D eigenvalue weighted by atomic mass is 16.4. The first-order valence-electron chi connectivity index (χ1n) is 2.93. The fourth-order valence-corrected chi connectivity index (χ4v) is 0.542. The standard InChI is InChI=1S/C6H7N3O/c1-4(3-7)6-9-8-5(2)10-6/h4H,1-2H3. The molecule has 1 aromatic heterocycles. The Bertz CT molecular complexity index is 260. The van der Waals surface area contributed by atoms with Crippen molar-refractivity contribution < 1.29 is 4.42 Å². The van der Waals surface area contributed by atoms with Crippen LogP contribution in [0.2, 0.25) is 0 Å². The van der Waals surface area contributed by atoms with Crippen LogP contribution in [0.5, 0.6) is 0 Å². The summed E-state index contributed by atoms with van der Waals surface area (Å²) in [5.74, 6) is 0.582. The maximum absolute atomic E-state index is 8.42. The van der Waals surface area contributed by atoms with Crippen LogP contribution in [0.1, 0.15) is 24.6 Å². The molecule has 1 atom stereocenters. The second kappa shape index (κ2) is 2.48. The molecule has 0 saturated carbocycles. The lowest BCUT2D eigenvalue weighted by atomic mass is 10.2. The number of rotatable bonds is 1. The number of aromatic nitrogens is 2. The minimum absolute atomic E-state index is 0.304. The normalized spacial score (nSPS) is 12.5. The van der Waals surface area contributed by atoms with Crippen molar-refractivity contribution in [2.24, 2.45) is 0 Å². The van der Waals surface area contributed by atoms with E-state index in [0.717, 1.165) is 0 Å². The van der Waals surface area contributed by atoms with Crippen LogP contribution in [0.25, 0.3) is 0 Å². The molecule has 0 N–H and O–H groups in total. The van der Waals surface area contributed by atoms with Gasteiger partial charge in [0.25, 0.3) is 0 Å². The summed E-state index contributed by atoms with van der Waals surface area (Å²) in [4.78, 5) is 0. The summed E-state index contributed by atoms with van der Waals surface area (Å²) in [6.45, 7) is 3.41. The van der Waals surface area contributed by atoms with Crippen LogP contribution in [-0.4, -0.2) is 10.2 Å². The van der Waals surface area contributed by atoms with Gasteiger partial charge in [-0.1, -0.05) is 0 Å². The van der Waals surface area contributed by atoms with Crippen molar-refractivity contribution in [2.75, 3.05) is 0 Å². The van der Waals surface area contributed by atoms with Gasteiger partial charge in [0.2, 0.25) is 11.8 Å². The van der Waals surface area contributed by atoms with Gasteiger partial charge in [0.05, 0.1) is 6.07 Å². The van der Waals surface area contributed by atoms with Gasteiger partial charge >= 0.3 is 0 Å². The highest BCUT2D eigenvalue weighted by molar-refractivity contribution is 5.00. The highest BCUT2D eigenvalue weighted by Crippen LogP contribution is 2.10. The van der Waals surface area contributed by atoms with Gasteiger partial charge in [-0.2, -0.15) is 5.26 Å². The lowest BCUT2D eigenvalue weighted by molar-refractivity contribution is 0.461. The van der Waals surface area contributed by atoms with Gasteiger partial charge in [-0.3, -0.25) is 0 Å². The molecular weight excluding hydrogens is 130 g/mol. The highest BCUT2D eigenvalue weighted by Gasteiger charge is 2.09. The number of nitriles is 1. The van der Waals surface area contributed by atoms with Gasteiger partial charge in [-0.15, -0.1) is 10.2 Å². The molecule has 4 heteroatoms. The molecule has 0 fully saturated rings. The van der Waals surface area contributed by atoms with Gasteiger partial charge in [0.15, 0.2) is 0 Å². The Labute approximate surface area is 58.5 Å². The second-order valence-corrected chi connectivity index (χ2v) is 2.01. The van der Waals surface area contributed by atoms with E-state index in [1.54, 1.807) is 13.8 Å². The summed E-state index contributed by atoms with van der Waals surface area (Å²) in [5, 5.41) is 15.7. The molecule has 0 aromatic carbocycles. The zero-order valence-electron chi connectivity index (χ0n) is 5.83. The predicted molar refractivity (Wildman–Crippen MR) is 33.1 cm³/mol. The summed E-state index contributed by atoms with van der Waals surface area (Å²) in [5.41, 5.74) is 0. The van der Waals surface area contributed by atoms with Crippen molar-refractivity contribution in [1.82, 2.24) is 10.2 Å². The summed E-state index contributed by atoms with van der Waals surface area (Å²) in [6, 6.07) is 2.00. The van der Waals surface area contributed by atoms with Crippen LogP contribution >= 0.6 is 0 Å². The lowest BCUT2D eigenvalue weighted by Crippen LogP contribution is -1.88. The van der Waals surface area contributed by atoms with Gasteiger partial charge in [0.1, 0.15) is 5.92 Å². The van der Waals surface area contributed by atoms with E-state index in [4.69, 9.17) is 9.68 Å². The summed E-state index contributed by atoms with van der Waals surface area (Å²) >= 11 is 0. The molecule has 4 nitrogen and oxygen atoms in total. The zero-order chi connectivity index (χ0) is 7.56. The average molecular weight is 137 g/mol. The Morgan fingerprint density at radius 1 is 1.60 bits per heavy atom. The summed E-state index contributed by atoms with van der Waals surface area (Å²) in [7, 11) is 0. The lowest BCUT2D eigenvalue weighted by Gasteiger charge is -1.89. The smallest absolute Gasteiger partial charge is 0.233 e. The third kappa shape index (κ3) is 1.13. The predicted octanol–water partition coefficient (Wildman–Crippen LogP) is 1.01. The molecule has 1 rings (SSSR count). The molecule has 0 spiro atoms. The van der Waals surface area contributed by atoms with E-state index in [1.807, 2.05) is 6.07 Å². The van der Waals surface area contributed by atoms with Crippen LogP contribution in [0.3, 0.4) is 0 Å². The van der Waals surface area contributed by atoms with E-state index < -0.39 is 0 Å². The van der Waals surface area contributed by atoms with Gasteiger partial charge < -0.3 is 4.42 Å². The van der Waals surface area contributed by atoms with E-state index in [1.165, 1.54) is 0 Å². The van der Waals surface area contributed by atoms with E-state index >= 15 is 0 Å². The van der Waals surface area contributed by atoms with Crippen molar-refractivity contribution >= 4 is 0 Å². The molecule has 0 amide bonds. The van der Waals surface area contributed by atoms with E-state index in [9.17, 15) is 0 Å². The van der Waals surface area contributed by atoms with E-state index in [-0.39, 0.29) is 5.92 Å². The maximum Gasteiger partial charge on any atom is 0.233 e. The minimum Gasteiger partial charge on any atom is -0.424 e. The molecule has 1 aromatic rings. The maximum atomic E-state index is 8.42. The minimum atomic E-state index is -0.304. The molecule has 10 heavy (non-hydrogen) atoms. The molecule has 0 aliphatic rings. The number of nitrogens with zero attached hydrogens (tertiary/aromatic N) is 3. The molecule has 0 aliphatic carbocycles. The van der Waals surface area contributed by atoms with Gasteiger partial charge in [-0.05, 0) is 6.92 Å². The Balaban J connectivity index is 2.87. The van der Waals surface area contributed by atoms with Gasteiger partial charge in [0, 0.05) is 6.92 Å². The van der Waals surface area contributed by atoms with Crippen LogP contribution in [0.15, 0.2) is 4.42 Å². The Kier molecular flexibility index (Phi) is 1.67. The quantitative estimate of drug-likeness (QED) is 0.579. The van der Waals surface area contributed by atoms with E-state index in [2.05, 4.69) is 10.2 Å². The zero-order valence-corrected chi connectivity index (χ0v) is 5.83. The molecule has 52 valence electrons. The van der Waals surface area contributed by atoms with Crippen LogP contribution in [-0.2, 0) is 0 Å². The fraction of sp³-hybridized carbons (Fsp3) is 0.500. The molecular formula is C6H7N3O. The van der Waals surface area contributed by atoms with Crippen LogP contribution < -0.4 is 0 Å². The number of hydrogen-bond acceptors (Lipinski definition) is 4. The average Bonchev–Trinajstić information content (AvgIpc) is 2.34. The third-order valence-corrected chi connectivity index (χ3v) is 1.11. The summed E-state index contributed by atoms with van der Waals surface area (Å²) < 4.78 is 4.99. The largest absolute Gasteiger partial charge is 0.424 e. The Morgan fingerprint density at radius 2 is 2.30 bits per heavy atom. The molecule has 0 saturated heterocycles. The molecule has 1 unspecified atom stereocenters. The number of hydrogen-bond donors (Lipinski definition) is 0. The molecule has 0 radical (unpaired) electrons. The fourth-order valence-electron chi connectivity index (χ4n) is 0.542. The van der Waals surface area contributed by atoms with Crippen LogP contribution in [0.4, 0.5) is 0 Å². The van der Waals surface area contributed by atoms with Crippen molar-refractivity contribution in [3.8, 4) is 6.07 Å². The van der Waals surface area contributed by atoms with Crippen molar-refractivity contribution in [1.29, 1.82) is 5.26 Å². The molecule has 0 bridgehead atoms. The molecule has 0 aliphatic heterocycles. The van der Waals surface area contributed by atoms with Crippen LogP contribution in [0, 0.1) is 18.3 Å². The summed E-state index contributed by atoms with van der Waals surface area (Å²) in [6.07, 6.45) is 0. The van der Waals surface area contributed by atoms with Crippen molar-refractivity contribution in [3.05, 3.63) is 11.8 Å².